The maximum absolute atomic E-state index is 5.40. The Balaban J connectivity index is 1.29. The van der Waals surface area contributed by atoms with Crippen LogP contribution < -0.4 is 10.6 Å². The molecule has 29 heavy (non-hydrogen) atoms. The van der Waals surface area contributed by atoms with Crippen molar-refractivity contribution in [3.63, 3.8) is 0 Å². The second-order valence-electron chi connectivity index (χ2n) is 8.17. The Morgan fingerprint density at radius 3 is 2.34 bits per heavy atom. The van der Waals surface area contributed by atoms with Crippen molar-refractivity contribution >= 4 is 5.96 Å². The van der Waals surface area contributed by atoms with Crippen LogP contribution in [0.3, 0.4) is 0 Å². The van der Waals surface area contributed by atoms with E-state index in [1.54, 1.807) is 0 Å². The Bertz CT molecular complexity index is 592. The third-order valence-electron chi connectivity index (χ3n) is 5.86. The minimum Gasteiger partial charge on any atom is -0.379 e. The Labute approximate surface area is 176 Å². The average Bonchev–Trinajstić information content (AvgIpc) is 2.78. The van der Waals surface area contributed by atoms with Crippen molar-refractivity contribution in [1.82, 2.24) is 20.4 Å². The smallest absolute Gasteiger partial charge is 0.191 e. The number of aliphatic imine (C=N–C) groups is 1. The summed E-state index contributed by atoms with van der Waals surface area (Å²) < 4.78 is 5.40. The van der Waals surface area contributed by atoms with Gasteiger partial charge >= 0.3 is 0 Å². The van der Waals surface area contributed by atoms with E-state index in [1.807, 2.05) is 7.05 Å². The van der Waals surface area contributed by atoms with Crippen molar-refractivity contribution in [3.8, 4) is 0 Å². The van der Waals surface area contributed by atoms with Gasteiger partial charge in [0, 0.05) is 39.8 Å². The second-order valence-corrected chi connectivity index (χ2v) is 8.17. The second kappa shape index (κ2) is 12.8. The number of nitrogens with one attached hydrogen (secondary N) is 2. The number of ether oxygens (including phenoxy) is 1. The molecule has 162 valence electrons. The maximum atomic E-state index is 5.40. The van der Waals surface area contributed by atoms with Crippen molar-refractivity contribution in [2.75, 3.05) is 59.5 Å². The van der Waals surface area contributed by atoms with Gasteiger partial charge in [-0.3, -0.25) is 14.8 Å². The molecule has 2 saturated heterocycles. The molecule has 2 aliphatic heterocycles. The summed E-state index contributed by atoms with van der Waals surface area (Å²) in [5, 5.41) is 6.86. The Kier molecular flexibility index (Phi) is 9.76. The number of guanidine groups is 1. The number of piperidine rings is 1. The van der Waals surface area contributed by atoms with E-state index in [4.69, 9.17) is 4.74 Å². The lowest BCUT2D eigenvalue weighted by atomic mass is 10.1. The van der Waals surface area contributed by atoms with Crippen molar-refractivity contribution < 1.29 is 4.74 Å². The van der Waals surface area contributed by atoms with Gasteiger partial charge in [-0.05, 0) is 56.4 Å². The number of hydrogen-bond acceptors (Lipinski definition) is 4. The van der Waals surface area contributed by atoms with E-state index in [0.717, 1.165) is 58.3 Å². The molecular weight excluding hydrogens is 362 g/mol. The van der Waals surface area contributed by atoms with E-state index in [9.17, 15) is 0 Å². The normalized spacial score (nSPS) is 19.3. The van der Waals surface area contributed by atoms with Crippen LogP contribution in [0.25, 0.3) is 0 Å². The Morgan fingerprint density at radius 1 is 0.897 bits per heavy atom. The van der Waals surface area contributed by atoms with E-state index in [1.165, 1.54) is 56.4 Å². The highest BCUT2D eigenvalue weighted by Gasteiger charge is 2.10. The van der Waals surface area contributed by atoms with E-state index in [-0.39, 0.29) is 0 Å². The van der Waals surface area contributed by atoms with Gasteiger partial charge in [-0.1, -0.05) is 30.7 Å². The summed E-state index contributed by atoms with van der Waals surface area (Å²) in [7, 11) is 1.84. The zero-order valence-electron chi connectivity index (χ0n) is 18.2. The zero-order valence-corrected chi connectivity index (χ0v) is 18.2. The molecule has 0 saturated carbocycles. The molecule has 0 aromatic heterocycles. The average molecular weight is 402 g/mol. The fraction of sp³-hybridized carbons (Fsp3) is 0.696. The molecule has 1 aromatic carbocycles. The zero-order chi connectivity index (χ0) is 20.2. The number of unbranched alkanes of at least 4 members (excludes halogenated alkanes) is 1. The molecule has 0 spiro atoms. The van der Waals surface area contributed by atoms with Gasteiger partial charge in [-0.2, -0.15) is 0 Å². The lowest BCUT2D eigenvalue weighted by Gasteiger charge is -2.26. The van der Waals surface area contributed by atoms with Crippen LogP contribution >= 0.6 is 0 Å². The molecule has 0 amide bonds. The van der Waals surface area contributed by atoms with Gasteiger partial charge in [0.05, 0.1) is 13.2 Å². The minimum atomic E-state index is 0.803. The minimum absolute atomic E-state index is 0.803. The topological polar surface area (TPSA) is 52.1 Å². The van der Waals surface area contributed by atoms with Crippen molar-refractivity contribution in [3.05, 3.63) is 35.4 Å². The van der Waals surface area contributed by atoms with Gasteiger partial charge in [0.2, 0.25) is 0 Å². The molecule has 2 N–H and O–H groups in total. The first kappa shape index (κ1) is 22.1. The largest absolute Gasteiger partial charge is 0.379 e. The van der Waals surface area contributed by atoms with Gasteiger partial charge in [0.1, 0.15) is 0 Å². The monoisotopic (exact) mass is 401 g/mol. The highest BCUT2D eigenvalue weighted by atomic mass is 16.5. The maximum Gasteiger partial charge on any atom is 0.191 e. The number of nitrogens with zero attached hydrogens (tertiary/aromatic N) is 3. The highest BCUT2D eigenvalue weighted by Crippen LogP contribution is 2.13. The number of hydrogen-bond donors (Lipinski definition) is 2. The summed E-state index contributed by atoms with van der Waals surface area (Å²) in [4.78, 5) is 9.41. The number of morpholine rings is 1. The van der Waals surface area contributed by atoms with E-state index in [2.05, 4.69) is 49.7 Å². The molecule has 0 radical (unpaired) electrons. The van der Waals surface area contributed by atoms with Crippen molar-refractivity contribution in [2.45, 2.75) is 45.2 Å². The fourth-order valence-electron chi connectivity index (χ4n) is 4.04. The van der Waals surface area contributed by atoms with Crippen LogP contribution in [0, 0.1) is 0 Å². The number of benzene rings is 1. The van der Waals surface area contributed by atoms with Crippen molar-refractivity contribution in [2.24, 2.45) is 4.99 Å². The Hall–Kier alpha value is -1.63. The van der Waals surface area contributed by atoms with Crippen LogP contribution in [-0.2, 0) is 17.8 Å². The van der Waals surface area contributed by atoms with Crippen LogP contribution in [0.15, 0.2) is 29.3 Å². The molecule has 0 bridgehead atoms. The summed E-state index contributed by atoms with van der Waals surface area (Å²) in [6.07, 6.45) is 6.46. The first-order valence-corrected chi connectivity index (χ1v) is 11.4. The predicted octanol–water partition coefficient (Wildman–Crippen LogP) is 2.45. The quantitative estimate of drug-likeness (QED) is 0.378. The lowest BCUT2D eigenvalue weighted by molar-refractivity contribution is 0.0372. The third-order valence-corrected chi connectivity index (χ3v) is 5.86. The molecule has 6 nitrogen and oxygen atoms in total. The third kappa shape index (κ3) is 8.33. The molecule has 6 heteroatoms. The van der Waals surface area contributed by atoms with Gasteiger partial charge < -0.3 is 15.4 Å². The molecule has 2 fully saturated rings. The first-order chi connectivity index (χ1) is 14.3. The fourth-order valence-corrected chi connectivity index (χ4v) is 4.04. The van der Waals surface area contributed by atoms with Gasteiger partial charge in [0.25, 0.3) is 0 Å². The SMILES string of the molecule is CN=C(NCCCCN1CCOCC1)NCc1ccc(CN2CCCCC2)cc1. The summed E-state index contributed by atoms with van der Waals surface area (Å²) in [5.41, 5.74) is 2.71. The molecule has 0 atom stereocenters. The molecule has 2 aliphatic rings. The molecule has 1 aromatic rings. The highest BCUT2D eigenvalue weighted by molar-refractivity contribution is 5.79. The van der Waals surface area contributed by atoms with Crippen LogP contribution in [0.1, 0.15) is 43.2 Å². The van der Waals surface area contributed by atoms with Crippen LogP contribution in [0.4, 0.5) is 0 Å². The Morgan fingerprint density at radius 2 is 1.62 bits per heavy atom. The van der Waals surface area contributed by atoms with Crippen LogP contribution in [0.5, 0.6) is 0 Å². The summed E-state index contributed by atoms with van der Waals surface area (Å²) >= 11 is 0. The van der Waals surface area contributed by atoms with Gasteiger partial charge in [-0.15, -0.1) is 0 Å². The number of likely N-dealkylation sites (tertiary alicyclic amines) is 1. The van der Waals surface area contributed by atoms with Gasteiger partial charge in [-0.25, -0.2) is 0 Å². The summed E-state index contributed by atoms with van der Waals surface area (Å²) in [5.74, 6) is 0.883. The van der Waals surface area contributed by atoms with Crippen molar-refractivity contribution in [1.29, 1.82) is 0 Å². The molecule has 2 heterocycles. The number of rotatable bonds is 9. The predicted molar refractivity (Wildman–Crippen MR) is 120 cm³/mol. The molecule has 3 rings (SSSR count). The summed E-state index contributed by atoms with van der Waals surface area (Å²) in [6.45, 7) is 10.4. The standard InChI is InChI=1S/C23H39N5O/c1-24-23(25-11-3-6-12-27-15-17-29-18-16-27)26-19-21-7-9-22(10-8-21)20-28-13-4-2-5-14-28/h7-10H,2-6,11-20H2,1H3,(H2,24,25,26). The molecule has 0 aliphatic carbocycles. The van der Waals surface area contributed by atoms with E-state index < -0.39 is 0 Å². The summed E-state index contributed by atoms with van der Waals surface area (Å²) in [6, 6.07) is 9.02. The van der Waals surface area contributed by atoms with E-state index >= 15 is 0 Å². The molecular formula is C23H39N5O. The van der Waals surface area contributed by atoms with Gasteiger partial charge in [0.15, 0.2) is 5.96 Å². The van der Waals surface area contributed by atoms with Crippen LogP contribution in [-0.4, -0.2) is 75.3 Å². The van der Waals surface area contributed by atoms with E-state index in [0.29, 0.717) is 0 Å². The van der Waals surface area contributed by atoms with Crippen LogP contribution in [0.2, 0.25) is 0 Å². The molecule has 0 unspecified atom stereocenters. The first-order valence-electron chi connectivity index (χ1n) is 11.4. The lowest BCUT2D eigenvalue weighted by Crippen LogP contribution is -2.38.